The van der Waals surface area contributed by atoms with Gasteiger partial charge in [-0.25, -0.2) is 14.6 Å². The molecule has 0 bridgehead atoms. The lowest BCUT2D eigenvalue weighted by Gasteiger charge is -2.11. The number of benzene rings is 2. The molecule has 0 radical (unpaired) electrons. The van der Waals surface area contributed by atoms with E-state index in [1.54, 1.807) is 12.3 Å². The van der Waals surface area contributed by atoms with Gasteiger partial charge in [0.15, 0.2) is 6.61 Å². The van der Waals surface area contributed by atoms with E-state index in [1.165, 1.54) is 0 Å². The second-order valence-corrected chi connectivity index (χ2v) is 6.94. The number of para-hydroxylation sites is 1. The van der Waals surface area contributed by atoms with Crippen LogP contribution in [0, 0.1) is 0 Å². The number of carbonyl (C=O) groups excluding carboxylic acids is 2. The summed E-state index contributed by atoms with van der Waals surface area (Å²) in [5.74, 6) is -0.342. The Morgan fingerprint density at radius 2 is 1.76 bits per heavy atom. The molecule has 1 aromatic heterocycles. The van der Waals surface area contributed by atoms with Gasteiger partial charge in [0.05, 0.1) is 12.3 Å². The van der Waals surface area contributed by atoms with Gasteiger partial charge in [-0.2, -0.15) is 0 Å². The van der Waals surface area contributed by atoms with Crippen LogP contribution >= 0.6 is 11.3 Å². The maximum absolute atomic E-state index is 12.0. The molecule has 2 aromatic carbocycles. The monoisotopic (exact) mass is 411 g/mol. The molecule has 6 nitrogen and oxygen atoms in total. The van der Waals surface area contributed by atoms with Crippen LogP contribution in [0.1, 0.15) is 33.5 Å². The predicted molar refractivity (Wildman–Crippen MR) is 109 cm³/mol. The summed E-state index contributed by atoms with van der Waals surface area (Å²) in [4.78, 5) is 27.8. The van der Waals surface area contributed by atoms with Gasteiger partial charge in [-0.05, 0) is 24.1 Å². The summed E-state index contributed by atoms with van der Waals surface area (Å²) in [6, 6.07) is 17.6. The number of thiazole rings is 1. The minimum atomic E-state index is -0.509. The van der Waals surface area contributed by atoms with Crippen LogP contribution < -0.4 is 4.74 Å². The molecule has 0 aliphatic rings. The van der Waals surface area contributed by atoms with Gasteiger partial charge in [0.25, 0.3) is 0 Å². The quantitative estimate of drug-likeness (QED) is 0.495. The Hall–Kier alpha value is -3.19. The van der Waals surface area contributed by atoms with Gasteiger partial charge in [0.1, 0.15) is 12.4 Å². The van der Waals surface area contributed by atoms with E-state index in [0.717, 1.165) is 22.5 Å². The van der Waals surface area contributed by atoms with Crippen LogP contribution in [-0.4, -0.2) is 30.1 Å². The van der Waals surface area contributed by atoms with Crippen LogP contribution in [0.3, 0.4) is 0 Å². The topological polar surface area (TPSA) is 74.7 Å². The van der Waals surface area contributed by atoms with E-state index < -0.39 is 11.9 Å². The zero-order valence-corrected chi connectivity index (χ0v) is 16.8. The first-order valence-electron chi connectivity index (χ1n) is 9.17. The van der Waals surface area contributed by atoms with Crippen molar-refractivity contribution in [2.24, 2.45) is 0 Å². The average molecular weight is 411 g/mol. The molecule has 7 heteroatoms. The van der Waals surface area contributed by atoms with E-state index in [-0.39, 0.29) is 24.8 Å². The number of ether oxygens (including phenoxy) is 3. The van der Waals surface area contributed by atoms with Gasteiger partial charge in [0, 0.05) is 11.8 Å². The fourth-order valence-corrected chi connectivity index (χ4v) is 3.29. The predicted octanol–water partition coefficient (Wildman–Crippen LogP) is 4.03. The smallest absolute Gasteiger partial charge is 0.367 e. The van der Waals surface area contributed by atoms with Crippen molar-refractivity contribution in [1.29, 1.82) is 0 Å². The molecular weight excluding hydrogens is 390 g/mol. The number of hydrogen-bond acceptors (Lipinski definition) is 7. The minimum Gasteiger partial charge on any atom is -0.482 e. The number of nitrogens with zero attached hydrogens (tertiary/aromatic N) is 1. The summed E-state index contributed by atoms with van der Waals surface area (Å²) in [6.07, 6.45) is 0.710. The van der Waals surface area contributed by atoms with E-state index in [9.17, 15) is 9.59 Å². The lowest BCUT2D eigenvalue weighted by molar-refractivity contribution is -0.147. The number of carbonyl (C=O) groups is 2. The first-order chi connectivity index (χ1) is 14.2. The summed E-state index contributed by atoms with van der Waals surface area (Å²) < 4.78 is 15.7. The fourth-order valence-electron chi connectivity index (χ4n) is 2.60. The van der Waals surface area contributed by atoms with E-state index in [4.69, 9.17) is 14.2 Å². The van der Waals surface area contributed by atoms with Crippen molar-refractivity contribution >= 4 is 23.3 Å². The second-order valence-electron chi connectivity index (χ2n) is 6.08. The molecule has 1 heterocycles. The SMILES string of the molecule is CCOC(=O)c1nc(COC(=O)COc2ccccc2Cc2ccccc2)cs1. The highest BCUT2D eigenvalue weighted by molar-refractivity contribution is 7.11. The minimum absolute atomic E-state index is 0.0240. The Morgan fingerprint density at radius 1 is 1.00 bits per heavy atom. The maximum atomic E-state index is 12.0. The highest BCUT2D eigenvalue weighted by Gasteiger charge is 2.14. The van der Waals surface area contributed by atoms with Gasteiger partial charge in [0.2, 0.25) is 5.01 Å². The first kappa shape index (κ1) is 20.5. The molecule has 0 saturated heterocycles. The zero-order chi connectivity index (χ0) is 20.5. The molecule has 0 saturated carbocycles. The van der Waals surface area contributed by atoms with Crippen LogP contribution in [0.25, 0.3) is 0 Å². The van der Waals surface area contributed by atoms with E-state index in [1.807, 2.05) is 54.6 Å². The first-order valence-corrected chi connectivity index (χ1v) is 10.1. The van der Waals surface area contributed by atoms with Crippen molar-refractivity contribution < 1.29 is 23.8 Å². The average Bonchev–Trinajstić information content (AvgIpc) is 3.22. The third-order valence-electron chi connectivity index (χ3n) is 3.94. The Morgan fingerprint density at radius 3 is 2.55 bits per heavy atom. The Kier molecular flexibility index (Phi) is 7.35. The third kappa shape index (κ3) is 6.15. The lowest BCUT2D eigenvalue weighted by Crippen LogP contribution is -2.15. The number of hydrogen-bond donors (Lipinski definition) is 0. The Balaban J connectivity index is 1.50. The summed E-state index contributed by atoms with van der Waals surface area (Å²) in [5, 5.41) is 1.90. The highest BCUT2D eigenvalue weighted by atomic mass is 32.1. The standard InChI is InChI=1S/C22H21NO5S/c1-2-26-22(25)21-23-18(15-29-21)13-28-20(24)14-27-19-11-7-6-10-17(19)12-16-8-4-3-5-9-16/h3-11,15H,2,12-14H2,1H3. The molecule has 29 heavy (non-hydrogen) atoms. The highest BCUT2D eigenvalue weighted by Crippen LogP contribution is 2.21. The van der Waals surface area contributed by atoms with Gasteiger partial charge < -0.3 is 14.2 Å². The zero-order valence-electron chi connectivity index (χ0n) is 16.0. The normalized spacial score (nSPS) is 10.4. The molecule has 0 aliphatic carbocycles. The molecule has 0 unspecified atom stereocenters. The maximum Gasteiger partial charge on any atom is 0.367 e. The molecule has 0 spiro atoms. The molecule has 0 aliphatic heterocycles. The summed E-state index contributed by atoms with van der Waals surface area (Å²) in [7, 11) is 0. The van der Waals surface area contributed by atoms with Crippen molar-refractivity contribution in [3.8, 4) is 5.75 Å². The Bertz CT molecular complexity index is 955. The van der Waals surface area contributed by atoms with Crippen LogP contribution in [0.15, 0.2) is 60.0 Å². The van der Waals surface area contributed by atoms with Gasteiger partial charge in [-0.15, -0.1) is 11.3 Å². The molecular formula is C22H21NO5S. The summed E-state index contributed by atoms with van der Waals surface area (Å²) >= 11 is 1.15. The molecule has 0 atom stereocenters. The molecule has 3 rings (SSSR count). The second kappa shape index (κ2) is 10.4. The van der Waals surface area contributed by atoms with Crippen LogP contribution in [-0.2, 0) is 27.3 Å². The van der Waals surface area contributed by atoms with Gasteiger partial charge in [-0.1, -0.05) is 48.5 Å². The summed E-state index contributed by atoms with van der Waals surface area (Å²) in [6.45, 7) is 1.78. The van der Waals surface area contributed by atoms with Crippen molar-refractivity contribution in [2.75, 3.05) is 13.2 Å². The number of rotatable bonds is 9. The van der Waals surface area contributed by atoms with Crippen molar-refractivity contribution in [2.45, 2.75) is 20.0 Å². The Labute approximate surface area is 173 Å². The molecule has 0 amide bonds. The van der Waals surface area contributed by atoms with Crippen molar-refractivity contribution in [3.05, 3.63) is 81.8 Å². The number of esters is 2. The van der Waals surface area contributed by atoms with Crippen molar-refractivity contribution in [1.82, 2.24) is 4.98 Å². The fraction of sp³-hybridized carbons (Fsp3) is 0.227. The molecule has 3 aromatic rings. The largest absolute Gasteiger partial charge is 0.482 e. The van der Waals surface area contributed by atoms with Crippen LogP contribution in [0.5, 0.6) is 5.75 Å². The third-order valence-corrected chi connectivity index (χ3v) is 4.81. The molecule has 150 valence electrons. The van der Waals surface area contributed by atoms with Gasteiger partial charge in [-0.3, -0.25) is 0 Å². The number of aromatic nitrogens is 1. The van der Waals surface area contributed by atoms with Crippen LogP contribution in [0.4, 0.5) is 0 Å². The van der Waals surface area contributed by atoms with E-state index in [2.05, 4.69) is 4.98 Å². The van der Waals surface area contributed by atoms with Crippen LogP contribution in [0.2, 0.25) is 0 Å². The lowest BCUT2D eigenvalue weighted by atomic mass is 10.0. The van der Waals surface area contributed by atoms with Crippen molar-refractivity contribution in [3.63, 3.8) is 0 Å². The molecule has 0 N–H and O–H groups in total. The van der Waals surface area contributed by atoms with E-state index in [0.29, 0.717) is 17.9 Å². The summed E-state index contributed by atoms with van der Waals surface area (Å²) in [5.41, 5.74) is 2.65. The molecule has 0 fully saturated rings. The van der Waals surface area contributed by atoms with E-state index >= 15 is 0 Å². The van der Waals surface area contributed by atoms with Gasteiger partial charge >= 0.3 is 11.9 Å².